The van der Waals surface area contributed by atoms with Crippen LogP contribution < -0.4 is 0 Å². The third-order valence-electron chi connectivity index (χ3n) is 4.49. The summed E-state index contributed by atoms with van der Waals surface area (Å²) in [6.07, 6.45) is 1.51. The molecule has 1 atom stereocenters. The maximum atomic E-state index is 12.8. The number of para-hydroxylation sites is 1. The third kappa shape index (κ3) is 2.83. The lowest BCUT2D eigenvalue weighted by Crippen LogP contribution is -2.29. The maximum Gasteiger partial charge on any atom is 0.254 e. The van der Waals surface area contributed by atoms with Crippen molar-refractivity contribution in [1.82, 2.24) is 25.1 Å². The zero-order valence-electron chi connectivity index (χ0n) is 14.4. The zero-order chi connectivity index (χ0) is 18.1. The summed E-state index contributed by atoms with van der Waals surface area (Å²) < 4.78 is 7.42. The molecular formula is C19H17N5O2. The van der Waals surface area contributed by atoms with Gasteiger partial charge in [0.25, 0.3) is 5.91 Å². The van der Waals surface area contributed by atoms with Crippen LogP contribution in [0.4, 0.5) is 0 Å². The van der Waals surface area contributed by atoms with E-state index in [1.807, 2.05) is 49.4 Å². The lowest BCUT2D eigenvalue weighted by molar-refractivity contribution is 0.0727. The molecular weight excluding hydrogens is 330 g/mol. The number of hydrogen-bond acceptors (Lipinski definition) is 5. The summed E-state index contributed by atoms with van der Waals surface area (Å²) in [5.41, 5.74) is 2.20. The monoisotopic (exact) mass is 347 g/mol. The summed E-state index contributed by atoms with van der Waals surface area (Å²) in [7, 11) is 1.77. The first-order valence-corrected chi connectivity index (χ1v) is 8.22. The molecule has 1 amide bonds. The topological polar surface area (TPSA) is 77.0 Å². The van der Waals surface area contributed by atoms with Gasteiger partial charge in [0.05, 0.1) is 11.7 Å². The molecule has 0 aliphatic heterocycles. The number of carbonyl (C=O) groups excluding carboxylic acids is 1. The Kier molecular flexibility index (Phi) is 3.96. The Morgan fingerprint density at radius 2 is 1.92 bits per heavy atom. The predicted octanol–water partition coefficient (Wildman–Crippen LogP) is 3.24. The van der Waals surface area contributed by atoms with Crippen LogP contribution in [-0.2, 0) is 0 Å². The predicted molar refractivity (Wildman–Crippen MR) is 95.9 cm³/mol. The van der Waals surface area contributed by atoms with E-state index in [0.29, 0.717) is 5.56 Å². The van der Waals surface area contributed by atoms with Gasteiger partial charge in [-0.3, -0.25) is 4.79 Å². The molecule has 130 valence electrons. The summed E-state index contributed by atoms with van der Waals surface area (Å²) in [6, 6.07) is 16.8. The van der Waals surface area contributed by atoms with Crippen LogP contribution in [0.3, 0.4) is 0 Å². The van der Waals surface area contributed by atoms with Crippen LogP contribution in [0.15, 0.2) is 65.3 Å². The van der Waals surface area contributed by atoms with Crippen molar-refractivity contribution in [3.05, 3.63) is 72.2 Å². The number of aromatic nitrogens is 4. The SMILES string of the molecule is CC(c1cc2ccccc2o1)N(C)C(=O)c1ccc(-n2cnnn2)cc1. The molecule has 4 aromatic rings. The molecule has 2 aromatic heterocycles. The van der Waals surface area contributed by atoms with E-state index >= 15 is 0 Å². The van der Waals surface area contributed by atoms with Crippen molar-refractivity contribution >= 4 is 16.9 Å². The molecule has 7 nitrogen and oxygen atoms in total. The van der Waals surface area contributed by atoms with Crippen LogP contribution in [0.1, 0.15) is 29.1 Å². The minimum Gasteiger partial charge on any atom is -0.459 e. The molecule has 0 N–H and O–H groups in total. The lowest BCUT2D eigenvalue weighted by atomic mass is 10.1. The van der Waals surface area contributed by atoms with E-state index in [-0.39, 0.29) is 11.9 Å². The maximum absolute atomic E-state index is 12.8. The van der Waals surface area contributed by atoms with Gasteiger partial charge in [-0.05, 0) is 53.7 Å². The molecule has 2 aromatic carbocycles. The Labute approximate surface area is 149 Å². The van der Waals surface area contributed by atoms with Gasteiger partial charge in [0.1, 0.15) is 17.7 Å². The molecule has 1 unspecified atom stereocenters. The van der Waals surface area contributed by atoms with Gasteiger partial charge in [0.15, 0.2) is 0 Å². The van der Waals surface area contributed by atoms with Crippen molar-refractivity contribution in [2.24, 2.45) is 0 Å². The van der Waals surface area contributed by atoms with Crippen molar-refractivity contribution in [2.75, 3.05) is 7.05 Å². The lowest BCUT2D eigenvalue weighted by Gasteiger charge is -2.23. The van der Waals surface area contributed by atoms with E-state index in [9.17, 15) is 4.79 Å². The number of carbonyl (C=O) groups is 1. The zero-order valence-corrected chi connectivity index (χ0v) is 14.4. The van der Waals surface area contributed by atoms with E-state index in [1.54, 1.807) is 24.1 Å². The van der Waals surface area contributed by atoms with Crippen molar-refractivity contribution < 1.29 is 9.21 Å². The fourth-order valence-electron chi connectivity index (χ4n) is 2.82. The number of rotatable bonds is 4. The van der Waals surface area contributed by atoms with Crippen LogP contribution in [0.5, 0.6) is 0 Å². The van der Waals surface area contributed by atoms with E-state index in [0.717, 1.165) is 22.4 Å². The van der Waals surface area contributed by atoms with Crippen molar-refractivity contribution in [2.45, 2.75) is 13.0 Å². The molecule has 0 radical (unpaired) electrons. The number of fused-ring (bicyclic) bond motifs is 1. The highest BCUT2D eigenvalue weighted by molar-refractivity contribution is 5.94. The molecule has 7 heteroatoms. The van der Waals surface area contributed by atoms with Gasteiger partial charge in [-0.15, -0.1) is 5.10 Å². The summed E-state index contributed by atoms with van der Waals surface area (Å²) in [5, 5.41) is 12.1. The molecule has 4 rings (SSSR count). The van der Waals surface area contributed by atoms with Gasteiger partial charge in [0, 0.05) is 18.0 Å². The standard InChI is InChI=1S/C19H17N5O2/c1-13(18-11-15-5-3-4-6-17(15)26-18)23(2)19(25)14-7-9-16(10-8-14)24-12-20-21-22-24/h3-13H,1-2H3. The van der Waals surface area contributed by atoms with Gasteiger partial charge < -0.3 is 9.32 Å². The van der Waals surface area contributed by atoms with Gasteiger partial charge >= 0.3 is 0 Å². The van der Waals surface area contributed by atoms with E-state index in [1.165, 1.54) is 11.0 Å². The second-order valence-corrected chi connectivity index (χ2v) is 6.08. The molecule has 0 saturated heterocycles. The number of benzene rings is 2. The van der Waals surface area contributed by atoms with Gasteiger partial charge in [0.2, 0.25) is 0 Å². The second-order valence-electron chi connectivity index (χ2n) is 6.08. The molecule has 2 heterocycles. The van der Waals surface area contributed by atoms with Crippen LogP contribution in [0.25, 0.3) is 16.7 Å². The first-order chi connectivity index (χ1) is 12.6. The minimum atomic E-state index is -0.186. The Bertz CT molecular complexity index is 1000. The minimum absolute atomic E-state index is 0.0822. The Morgan fingerprint density at radius 3 is 2.62 bits per heavy atom. The van der Waals surface area contributed by atoms with Gasteiger partial charge in [-0.1, -0.05) is 18.2 Å². The Hall–Kier alpha value is -3.48. The van der Waals surface area contributed by atoms with Gasteiger partial charge in [-0.2, -0.15) is 0 Å². The van der Waals surface area contributed by atoms with Crippen molar-refractivity contribution in [1.29, 1.82) is 0 Å². The highest BCUT2D eigenvalue weighted by Crippen LogP contribution is 2.27. The average Bonchev–Trinajstić information content (AvgIpc) is 3.36. The summed E-state index contributed by atoms with van der Waals surface area (Å²) >= 11 is 0. The second kappa shape index (κ2) is 6.44. The largest absolute Gasteiger partial charge is 0.459 e. The average molecular weight is 347 g/mol. The van der Waals surface area contributed by atoms with Crippen molar-refractivity contribution in [3.63, 3.8) is 0 Å². The quantitative estimate of drug-likeness (QED) is 0.566. The van der Waals surface area contributed by atoms with Crippen molar-refractivity contribution in [3.8, 4) is 5.69 Å². The summed E-state index contributed by atoms with van der Waals surface area (Å²) in [5.74, 6) is 0.675. The molecule has 0 aliphatic carbocycles. The van der Waals surface area contributed by atoms with Crippen LogP contribution >= 0.6 is 0 Å². The van der Waals surface area contributed by atoms with Crippen LogP contribution in [-0.4, -0.2) is 38.1 Å². The molecule has 0 fully saturated rings. The van der Waals surface area contributed by atoms with E-state index < -0.39 is 0 Å². The first kappa shape index (κ1) is 16.0. The number of amides is 1. The number of furan rings is 1. The molecule has 0 saturated carbocycles. The molecule has 0 spiro atoms. The molecule has 26 heavy (non-hydrogen) atoms. The van der Waals surface area contributed by atoms with Gasteiger partial charge in [-0.25, -0.2) is 4.68 Å². The Balaban J connectivity index is 1.55. The summed E-state index contributed by atoms with van der Waals surface area (Å²) in [6.45, 7) is 1.95. The molecule has 0 bridgehead atoms. The number of hydrogen-bond donors (Lipinski definition) is 0. The van der Waals surface area contributed by atoms with E-state index in [4.69, 9.17) is 4.42 Å². The fraction of sp³-hybridized carbons (Fsp3) is 0.158. The first-order valence-electron chi connectivity index (χ1n) is 8.22. The fourth-order valence-corrected chi connectivity index (χ4v) is 2.82. The highest BCUT2D eigenvalue weighted by Gasteiger charge is 2.22. The Morgan fingerprint density at radius 1 is 1.15 bits per heavy atom. The van der Waals surface area contributed by atoms with Crippen LogP contribution in [0, 0.1) is 0 Å². The molecule has 0 aliphatic rings. The third-order valence-corrected chi connectivity index (χ3v) is 4.49. The summed E-state index contributed by atoms with van der Waals surface area (Å²) in [4.78, 5) is 14.5. The van der Waals surface area contributed by atoms with E-state index in [2.05, 4.69) is 15.5 Å². The van der Waals surface area contributed by atoms with Crippen LogP contribution in [0.2, 0.25) is 0 Å². The smallest absolute Gasteiger partial charge is 0.254 e. The number of nitrogens with zero attached hydrogens (tertiary/aromatic N) is 5. The highest BCUT2D eigenvalue weighted by atomic mass is 16.3. The number of tetrazole rings is 1. The normalized spacial score (nSPS) is 12.2.